The van der Waals surface area contributed by atoms with Gasteiger partial charge in [-0.1, -0.05) is 38.3 Å². The molecule has 0 aliphatic carbocycles. The molecule has 15 heavy (non-hydrogen) atoms. The van der Waals surface area contributed by atoms with Crippen molar-refractivity contribution in [1.82, 2.24) is 0 Å². The van der Waals surface area contributed by atoms with Gasteiger partial charge in [0, 0.05) is 0 Å². The summed E-state index contributed by atoms with van der Waals surface area (Å²) >= 11 is 0. The molecule has 0 N–H and O–H groups in total. The number of aryl methyl sites for hydroxylation is 2. The van der Waals surface area contributed by atoms with Crippen LogP contribution < -0.4 is 0 Å². The molecule has 0 aliphatic rings. The van der Waals surface area contributed by atoms with Gasteiger partial charge >= 0.3 is 0 Å². The first-order valence-corrected chi connectivity index (χ1v) is 5.77. The van der Waals surface area contributed by atoms with Gasteiger partial charge in [-0.2, -0.15) is 5.26 Å². The van der Waals surface area contributed by atoms with E-state index in [0.29, 0.717) is 0 Å². The summed E-state index contributed by atoms with van der Waals surface area (Å²) in [5.41, 5.74) is 3.20. The van der Waals surface area contributed by atoms with Gasteiger partial charge in [-0.25, -0.2) is 0 Å². The maximum absolute atomic E-state index is 8.90. The van der Waals surface area contributed by atoms with Crippen LogP contribution in [0.5, 0.6) is 0 Å². The quantitative estimate of drug-likeness (QED) is 0.661. The van der Waals surface area contributed by atoms with E-state index in [2.05, 4.69) is 19.1 Å². The first-order valence-electron chi connectivity index (χ1n) is 5.77. The average Bonchev–Trinajstić information content (AvgIpc) is 2.26. The number of hydrogen-bond donors (Lipinski definition) is 0. The van der Waals surface area contributed by atoms with Crippen LogP contribution in [0.2, 0.25) is 0 Å². The highest BCUT2D eigenvalue weighted by Crippen LogP contribution is 2.13. The standard InChI is InChI=1S/C14H19N/c1-3-4-5-6-7-13-9-8-12(2)14(10-13)11-15/h8-10H,3-7H2,1-2H3. The summed E-state index contributed by atoms with van der Waals surface area (Å²) in [6, 6.07) is 8.46. The second-order valence-corrected chi connectivity index (χ2v) is 4.07. The third kappa shape index (κ3) is 3.75. The third-order valence-corrected chi connectivity index (χ3v) is 2.74. The molecule has 0 radical (unpaired) electrons. The summed E-state index contributed by atoms with van der Waals surface area (Å²) in [7, 11) is 0. The maximum atomic E-state index is 8.90. The molecule has 0 saturated heterocycles. The Labute approximate surface area is 92.7 Å². The monoisotopic (exact) mass is 201 g/mol. The number of unbranched alkanes of at least 4 members (excludes halogenated alkanes) is 3. The Bertz CT molecular complexity index is 347. The van der Waals surface area contributed by atoms with Crippen molar-refractivity contribution >= 4 is 0 Å². The topological polar surface area (TPSA) is 23.8 Å². The second-order valence-electron chi connectivity index (χ2n) is 4.07. The van der Waals surface area contributed by atoms with Crippen LogP contribution in [0.25, 0.3) is 0 Å². The summed E-state index contributed by atoms with van der Waals surface area (Å²) in [5, 5.41) is 8.90. The average molecular weight is 201 g/mol. The zero-order chi connectivity index (χ0) is 11.1. The van der Waals surface area contributed by atoms with Crippen molar-refractivity contribution in [3.8, 4) is 6.07 Å². The van der Waals surface area contributed by atoms with Crippen LogP contribution in [-0.4, -0.2) is 0 Å². The zero-order valence-electron chi connectivity index (χ0n) is 9.71. The summed E-state index contributed by atoms with van der Waals surface area (Å²) < 4.78 is 0. The summed E-state index contributed by atoms with van der Waals surface area (Å²) in [5.74, 6) is 0. The molecule has 1 aromatic rings. The number of rotatable bonds is 5. The SMILES string of the molecule is CCCCCCc1ccc(C)c(C#N)c1. The van der Waals surface area contributed by atoms with Gasteiger partial charge in [-0.15, -0.1) is 0 Å². The molecule has 1 heteroatoms. The van der Waals surface area contributed by atoms with E-state index in [0.717, 1.165) is 17.5 Å². The molecule has 0 unspecified atom stereocenters. The van der Waals surface area contributed by atoms with Crippen LogP contribution in [0.3, 0.4) is 0 Å². The van der Waals surface area contributed by atoms with E-state index in [9.17, 15) is 0 Å². The van der Waals surface area contributed by atoms with Gasteiger partial charge in [-0.3, -0.25) is 0 Å². The van der Waals surface area contributed by atoms with Crippen molar-refractivity contribution in [2.45, 2.75) is 46.0 Å². The van der Waals surface area contributed by atoms with Crippen molar-refractivity contribution in [3.05, 3.63) is 34.9 Å². The molecule has 0 atom stereocenters. The molecule has 0 amide bonds. The van der Waals surface area contributed by atoms with Gasteiger partial charge in [0.25, 0.3) is 0 Å². The summed E-state index contributed by atoms with van der Waals surface area (Å²) in [6.07, 6.45) is 6.23. The van der Waals surface area contributed by atoms with Gasteiger partial charge in [0.1, 0.15) is 0 Å². The highest BCUT2D eigenvalue weighted by Gasteiger charge is 1.99. The molecule has 1 nitrogen and oxygen atoms in total. The molecular formula is C14H19N. The van der Waals surface area contributed by atoms with Crippen LogP contribution >= 0.6 is 0 Å². The lowest BCUT2D eigenvalue weighted by Gasteiger charge is -2.03. The van der Waals surface area contributed by atoms with Gasteiger partial charge in [0.15, 0.2) is 0 Å². The second kappa shape index (κ2) is 6.24. The third-order valence-electron chi connectivity index (χ3n) is 2.74. The molecule has 0 aliphatic heterocycles. The largest absolute Gasteiger partial charge is 0.192 e. The first kappa shape index (κ1) is 11.8. The smallest absolute Gasteiger partial charge is 0.0994 e. The number of benzene rings is 1. The van der Waals surface area contributed by atoms with Gasteiger partial charge < -0.3 is 0 Å². The minimum atomic E-state index is 0.822. The Morgan fingerprint density at radius 2 is 2.00 bits per heavy atom. The fourth-order valence-electron chi connectivity index (χ4n) is 1.70. The van der Waals surface area contributed by atoms with Crippen LogP contribution in [0, 0.1) is 18.3 Å². The molecule has 1 aromatic carbocycles. The van der Waals surface area contributed by atoms with Gasteiger partial charge in [0.2, 0.25) is 0 Å². The number of nitrogens with zero attached hydrogens (tertiary/aromatic N) is 1. The molecule has 0 saturated carbocycles. The van der Waals surface area contributed by atoms with Crippen LogP contribution in [0.15, 0.2) is 18.2 Å². The molecule has 1 rings (SSSR count). The Hall–Kier alpha value is -1.29. The van der Waals surface area contributed by atoms with Crippen molar-refractivity contribution < 1.29 is 0 Å². The van der Waals surface area contributed by atoms with E-state index < -0.39 is 0 Å². The molecule has 0 spiro atoms. The van der Waals surface area contributed by atoms with Crippen LogP contribution in [-0.2, 0) is 6.42 Å². The molecule has 0 aromatic heterocycles. The van der Waals surface area contributed by atoms with E-state index in [-0.39, 0.29) is 0 Å². The van der Waals surface area contributed by atoms with Crippen molar-refractivity contribution in [1.29, 1.82) is 5.26 Å². The fraction of sp³-hybridized carbons (Fsp3) is 0.500. The normalized spacial score (nSPS) is 9.93. The molecule has 0 fully saturated rings. The minimum Gasteiger partial charge on any atom is -0.192 e. The molecule has 80 valence electrons. The molecular weight excluding hydrogens is 182 g/mol. The number of hydrogen-bond acceptors (Lipinski definition) is 1. The predicted octanol–water partition coefficient (Wildman–Crippen LogP) is 3.99. The first-order chi connectivity index (χ1) is 7.27. The molecule has 0 bridgehead atoms. The van der Waals surface area contributed by atoms with Crippen molar-refractivity contribution in [3.63, 3.8) is 0 Å². The Balaban J connectivity index is 2.52. The minimum absolute atomic E-state index is 0.822. The lowest BCUT2D eigenvalue weighted by molar-refractivity contribution is 0.667. The van der Waals surface area contributed by atoms with Crippen LogP contribution in [0.4, 0.5) is 0 Å². The fourth-order valence-corrected chi connectivity index (χ4v) is 1.70. The Kier molecular flexibility index (Phi) is 4.90. The highest BCUT2D eigenvalue weighted by molar-refractivity contribution is 5.39. The van der Waals surface area contributed by atoms with E-state index in [1.165, 1.54) is 31.2 Å². The Morgan fingerprint density at radius 3 is 2.67 bits per heavy atom. The molecule has 0 heterocycles. The van der Waals surface area contributed by atoms with E-state index >= 15 is 0 Å². The van der Waals surface area contributed by atoms with E-state index in [4.69, 9.17) is 5.26 Å². The lowest BCUT2D eigenvalue weighted by Crippen LogP contribution is -1.89. The maximum Gasteiger partial charge on any atom is 0.0994 e. The highest BCUT2D eigenvalue weighted by atomic mass is 14.2. The summed E-state index contributed by atoms with van der Waals surface area (Å²) in [4.78, 5) is 0. The number of nitriles is 1. The van der Waals surface area contributed by atoms with Crippen LogP contribution in [0.1, 0.15) is 49.3 Å². The van der Waals surface area contributed by atoms with E-state index in [1.54, 1.807) is 0 Å². The van der Waals surface area contributed by atoms with Gasteiger partial charge in [-0.05, 0) is 37.0 Å². The predicted molar refractivity (Wildman–Crippen MR) is 63.7 cm³/mol. The van der Waals surface area contributed by atoms with Gasteiger partial charge in [0.05, 0.1) is 11.6 Å². The Morgan fingerprint density at radius 1 is 1.20 bits per heavy atom. The lowest BCUT2D eigenvalue weighted by atomic mass is 10.0. The zero-order valence-corrected chi connectivity index (χ0v) is 9.71. The van der Waals surface area contributed by atoms with E-state index in [1.807, 2.05) is 19.1 Å². The summed E-state index contributed by atoms with van der Waals surface area (Å²) in [6.45, 7) is 4.21. The van der Waals surface area contributed by atoms with Crippen molar-refractivity contribution in [2.75, 3.05) is 0 Å². The van der Waals surface area contributed by atoms with Crippen molar-refractivity contribution in [2.24, 2.45) is 0 Å².